The molecule has 19 heavy (non-hydrogen) atoms. The number of nitrogens with one attached hydrogen (secondary N) is 2. The number of pyridine rings is 1. The highest BCUT2D eigenvalue weighted by atomic mass is 16.1. The molecule has 1 aromatic rings. The molecule has 1 amide bonds. The lowest BCUT2D eigenvalue weighted by Crippen LogP contribution is -2.29. The van der Waals surface area contributed by atoms with Crippen LogP contribution in [0.5, 0.6) is 0 Å². The number of aromatic nitrogens is 1. The topological polar surface area (TPSA) is 54.0 Å². The molecule has 2 N–H and O–H groups in total. The van der Waals surface area contributed by atoms with E-state index in [0.29, 0.717) is 11.0 Å². The van der Waals surface area contributed by atoms with Gasteiger partial charge in [-0.2, -0.15) is 0 Å². The molecule has 1 heterocycles. The van der Waals surface area contributed by atoms with E-state index >= 15 is 0 Å². The number of rotatable bonds is 6. The van der Waals surface area contributed by atoms with Crippen LogP contribution in [0.3, 0.4) is 0 Å². The zero-order chi connectivity index (χ0) is 13.9. The minimum absolute atomic E-state index is 0.00405. The number of carbonyl (C=O) groups is 1. The van der Waals surface area contributed by atoms with Gasteiger partial charge in [-0.05, 0) is 43.7 Å². The molecule has 104 valence electrons. The van der Waals surface area contributed by atoms with Crippen molar-refractivity contribution < 1.29 is 4.79 Å². The summed E-state index contributed by atoms with van der Waals surface area (Å²) in [6.07, 6.45) is 3.26. The Balaban J connectivity index is 2.08. The monoisotopic (exact) mass is 261 g/mol. The number of nitrogens with zero attached hydrogens (tertiary/aromatic N) is 1. The van der Waals surface area contributed by atoms with Crippen molar-refractivity contribution in [2.45, 2.75) is 40.0 Å². The Morgan fingerprint density at radius 2 is 2.11 bits per heavy atom. The van der Waals surface area contributed by atoms with E-state index in [1.54, 1.807) is 0 Å². The van der Waals surface area contributed by atoms with E-state index in [9.17, 15) is 4.79 Å². The summed E-state index contributed by atoms with van der Waals surface area (Å²) < 4.78 is 0. The Morgan fingerprint density at radius 3 is 2.68 bits per heavy atom. The van der Waals surface area contributed by atoms with E-state index in [2.05, 4.69) is 22.5 Å². The van der Waals surface area contributed by atoms with Gasteiger partial charge in [0.05, 0.1) is 0 Å². The van der Waals surface area contributed by atoms with Crippen molar-refractivity contribution >= 4 is 11.7 Å². The van der Waals surface area contributed by atoms with Crippen LogP contribution in [-0.2, 0) is 6.42 Å². The summed E-state index contributed by atoms with van der Waals surface area (Å²) in [5.41, 5.74) is 1.98. The van der Waals surface area contributed by atoms with Crippen molar-refractivity contribution in [3.05, 3.63) is 23.4 Å². The van der Waals surface area contributed by atoms with Crippen LogP contribution >= 0.6 is 0 Å². The van der Waals surface area contributed by atoms with Gasteiger partial charge in [-0.25, -0.2) is 4.98 Å². The van der Waals surface area contributed by atoms with Crippen molar-refractivity contribution in [3.63, 3.8) is 0 Å². The Bertz CT molecular complexity index is 466. The summed E-state index contributed by atoms with van der Waals surface area (Å²) in [7, 11) is 0. The third kappa shape index (κ3) is 3.69. The highest BCUT2D eigenvalue weighted by molar-refractivity contribution is 5.95. The lowest BCUT2D eigenvalue weighted by Gasteiger charge is -2.12. The zero-order valence-electron chi connectivity index (χ0n) is 12.0. The minimum atomic E-state index is 0.00405. The molecule has 4 heteroatoms. The van der Waals surface area contributed by atoms with Crippen LogP contribution in [0, 0.1) is 5.41 Å². The van der Waals surface area contributed by atoms with Gasteiger partial charge in [0, 0.05) is 24.3 Å². The first kappa shape index (κ1) is 13.8. The first-order chi connectivity index (χ1) is 9.06. The highest BCUT2D eigenvalue weighted by Gasteiger charge is 2.37. The number of amides is 1. The van der Waals surface area contributed by atoms with Gasteiger partial charge in [-0.15, -0.1) is 0 Å². The van der Waals surface area contributed by atoms with Crippen LogP contribution in [0.15, 0.2) is 12.1 Å². The van der Waals surface area contributed by atoms with E-state index in [-0.39, 0.29) is 5.91 Å². The normalized spacial score (nSPS) is 15.9. The fourth-order valence-corrected chi connectivity index (χ4v) is 1.96. The predicted octanol–water partition coefficient (Wildman–Crippen LogP) is 2.61. The summed E-state index contributed by atoms with van der Waals surface area (Å²) in [5.74, 6) is 0.786. The maximum atomic E-state index is 12.2. The van der Waals surface area contributed by atoms with Crippen LogP contribution in [-0.4, -0.2) is 24.0 Å². The zero-order valence-corrected chi connectivity index (χ0v) is 12.0. The lowest BCUT2D eigenvalue weighted by molar-refractivity contribution is 0.0946. The molecule has 0 saturated heterocycles. The predicted molar refractivity (Wildman–Crippen MR) is 77.5 cm³/mol. The molecule has 4 nitrogen and oxygen atoms in total. The average Bonchev–Trinajstić information content (AvgIpc) is 3.14. The Kier molecular flexibility index (Phi) is 4.08. The molecule has 0 aromatic carbocycles. The Labute approximate surface area is 115 Å². The average molecular weight is 261 g/mol. The Hall–Kier alpha value is -1.58. The molecule has 0 atom stereocenters. The third-order valence-electron chi connectivity index (χ3n) is 3.64. The summed E-state index contributed by atoms with van der Waals surface area (Å²) >= 11 is 0. The summed E-state index contributed by atoms with van der Waals surface area (Å²) in [4.78, 5) is 16.6. The van der Waals surface area contributed by atoms with Crippen LogP contribution in [0.2, 0.25) is 0 Å². The third-order valence-corrected chi connectivity index (χ3v) is 3.64. The van der Waals surface area contributed by atoms with Crippen LogP contribution in [0.1, 0.15) is 49.7 Å². The molecule has 1 aliphatic carbocycles. The fraction of sp³-hybridized carbons (Fsp3) is 0.600. The van der Waals surface area contributed by atoms with E-state index in [4.69, 9.17) is 0 Å². The van der Waals surface area contributed by atoms with Gasteiger partial charge in [-0.1, -0.05) is 13.8 Å². The summed E-state index contributed by atoms with van der Waals surface area (Å²) in [5, 5.41) is 6.20. The second-order valence-electron chi connectivity index (χ2n) is 5.61. The first-order valence-electron chi connectivity index (χ1n) is 7.09. The van der Waals surface area contributed by atoms with Gasteiger partial charge in [0.2, 0.25) is 0 Å². The molecule has 1 aromatic heterocycles. The molecule has 0 aliphatic heterocycles. The summed E-state index contributed by atoms with van der Waals surface area (Å²) in [6.45, 7) is 7.85. The van der Waals surface area contributed by atoms with Crippen LogP contribution in [0.4, 0.5) is 5.82 Å². The fourth-order valence-electron chi connectivity index (χ4n) is 1.96. The van der Waals surface area contributed by atoms with Gasteiger partial charge in [0.1, 0.15) is 5.82 Å². The quantitative estimate of drug-likeness (QED) is 0.827. The van der Waals surface area contributed by atoms with Crippen LogP contribution < -0.4 is 10.6 Å². The van der Waals surface area contributed by atoms with E-state index in [1.807, 2.05) is 26.0 Å². The van der Waals surface area contributed by atoms with Gasteiger partial charge in [0.25, 0.3) is 5.91 Å². The molecular weight excluding hydrogens is 238 g/mol. The summed E-state index contributed by atoms with van der Waals surface area (Å²) in [6, 6.07) is 3.71. The molecule has 2 rings (SSSR count). The smallest absolute Gasteiger partial charge is 0.251 e. The SMILES string of the molecule is CCNc1cc(C(=O)NCC2(C)CC2)cc(CC)n1. The Morgan fingerprint density at radius 1 is 1.37 bits per heavy atom. The van der Waals surface area contributed by atoms with E-state index in [0.717, 1.165) is 31.0 Å². The van der Waals surface area contributed by atoms with E-state index < -0.39 is 0 Å². The number of aryl methyl sites for hydroxylation is 1. The van der Waals surface area contributed by atoms with Crippen molar-refractivity contribution in [1.29, 1.82) is 0 Å². The molecule has 1 aliphatic rings. The van der Waals surface area contributed by atoms with Crippen molar-refractivity contribution in [2.24, 2.45) is 5.41 Å². The molecule has 0 bridgehead atoms. The van der Waals surface area contributed by atoms with Crippen molar-refractivity contribution in [1.82, 2.24) is 10.3 Å². The maximum Gasteiger partial charge on any atom is 0.251 e. The minimum Gasteiger partial charge on any atom is -0.370 e. The lowest BCUT2D eigenvalue weighted by atomic mass is 10.1. The highest BCUT2D eigenvalue weighted by Crippen LogP contribution is 2.44. The first-order valence-corrected chi connectivity index (χ1v) is 7.09. The molecule has 0 spiro atoms. The number of anilines is 1. The number of hydrogen-bond acceptors (Lipinski definition) is 3. The molecular formula is C15H23N3O. The van der Waals surface area contributed by atoms with Gasteiger partial charge in [0.15, 0.2) is 0 Å². The van der Waals surface area contributed by atoms with Gasteiger partial charge < -0.3 is 10.6 Å². The van der Waals surface area contributed by atoms with Crippen molar-refractivity contribution in [3.8, 4) is 0 Å². The van der Waals surface area contributed by atoms with Crippen molar-refractivity contribution in [2.75, 3.05) is 18.4 Å². The molecule has 0 unspecified atom stereocenters. The molecule has 1 saturated carbocycles. The molecule has 0 radical (unpaired) electrons. The second-order valence-corrected chi connectivity index (χ2v) is 5.61. The maximum absolute atomic E-state index is 12.2. The number of hydrogen-bond donors (Lipinski definition) is 2. The number of carbonyl (C=O) groups excluding carboxylic acids is 1. The molecule has 1 fully saturated rings. The second kappa shape index (κ2) is 5.59. The standard InChI is InChI=1S/C15H23N3O/c1-4-12-8-11(9-13(18-12)16-5-2)14(19)17-10-15(3)6-7-15/h8-9H,4-7,10H2,1-3H3,(H,16,18)(H,17,19). The van der Waals surface area contributed by atoms with Gasteiger partial charge in [-0.3, -0.25) is 4.79 Å². The van der Waals surface area contributed by atoms with Gasteiger partial charge >= 0.3 is 0 Å². The largest absolute Gasteiger partial charge is 0.370 e. The van der Waals surface area contributed by atoms with E-state index in [1.165, 1.54) is 12.8 Å². The van der Waals surface area contributed by atoms with Crippen LogP contribution in [0.25, 0.3) is 0 Å².